The van der Waals surface area contributed by atoms with Gasteiger partial charge in [-0.1, -0.05) is 26.0 Å². The minimum Gasteiger partial charge on any atom is -0.459 e. The van der Waals surface area contributed by atoms with Crippen LogP contribution in [0, 0.1) is 6.92 Å². The Labute approximate surface area is 154 Å². The first-order chi connectivity index (χ1) is 12.5. The average molecular weight is 356 g/mol. The molecule has 140 valence electrons. The van der Waals surface area contributed by atoms with E-state index >= 15 is 0 Å². The van der Waals surface area contributed by atoms with Gasteiger partial charge in [0.15, 0.2) is 11.7 Å². The Balaban J connectivity index is 1.71. The van der Waals surface area contributed by atoms with Crippen LogP contribution in [0.25, 0.3) is 0 Å². The van der Waals surface area contributed by atoms with Crippen molar-refractivity contribution in [3.8, 4) is 0 Å². The van der Waals surface area contributed by atoms with Crippen LogP contribution in [0.2, 0.25) is 0 Å². The predicted octanol–water partition coefficient (Wildman–Crippen LogP) is 3.65. The maximum atomic E-state index is 11.9. The molecule has 1 aromatic heterocycles. The van der Waals surface area contributed by atoms with Gasteiger partial charge in [-0.15, -0.1) is 0 Å². The topological polar surface area (TPSA) is 92.6 Å². The Morgan fingerprint density at radius 2 is 2.00 bits per heavy atom. The second-order valence-electron chi connectivity index (χ2n) is 6.37. The van der Waals surface area contributed by atoms with Gasteiger partial charge in [0.25, 0.3) is 5.91 Å². The third-order valence-corrected chi connectivity index (χ3v) is 4.34. The normalized spacial score (nSPS) is 12.7. The van der Waals surface area contributed by atoms with Gasteiger partial charge in [0.2, 0.25) is 0 Å². The van der Waals surface area contributed by atoms with Crippen LogP contribution in [-0.2, 0) is 0 Å². The fourth-order valence-electron chi connectivity index (χ4n) is 2.48. The van der Waals surface area contributed by atoms with Crippen LogP contribution in [0.5, 0.6) is 0 Å². The lowest BCUT2D eigenvalue weighted by Crippen LogP contribution is -2.26. The maximum absolute atomic E-state index is 11.9. The number of amides is 1. The van der Waals surface area contributed by atoms with Gasteiger partial charge in [-0.05, 0) is 49.4 Å². The van der Waals surface area contributed by atoms with E-state index in [1.54, 1.807) is 6.07 Å². The summed E-state index contributed by atoms with van der Waals surface area (Å²) in [6.45, 7) is 7.27. The zero-order valence-corrected chi connectivity index (χ0v) is 15.7. The first-order valence-corrected chi connectivity index (χ1v) is 9.00. The lowest BCUT2D eigenvalue weighted by atomic mass is 9.99. The van der Waals surface area contributed by atoms with Crippen LogP contribution in [0.3, 0.4) is 0 Å². The molecule has 1 atom stereocenters. The highest BCUT2D eigenvalue weighted by Crippen LogP contribution is 2.20. The molecule has 0 saturated heterocycles. The molecule has 1 amide bonds. The van der Waals surface area contributed by atoms with Crippen molar-refractivity contribution in [2.75, 3.05) is 18.4 Å². The van der Waals surface area contributed by atoms with Crippen molar-refractivity contribution in [2.24, 2.45) is 10.7 Å². The third-order valence-electron chi connectivity index (χ3n) is 4.34. The number of aliphatic imine (C=N–C) groups is 1. The van der Waals surface area contributed by atoms with E-state index in [-0.39, 0.29) is 5.91 Å². The minimum atomic E-state index is -0.205. The summed E-state index contributed by atoms with van der Waals surface area (Å²) in [5.74, 6) is 1.07. The smallest absolute Gasteiger partial charge is 0.287 e. The van der Waals surface area contributed by atoms with Gasteiger partial charge in [0, 0.05) is 24.3 Å². The number of nitrogens with zero attached hydrogens (tertiary/aromatic N) is 1. The van der Waals surface area contributed by atoms with E-state index in [0.717, 1.165) is 17.7 Å². The number of aryl methyl sites for hydroxylation is 1. The number of rotatable bonds is 8. The van der Waals surface area contributed by atoms with Crippen molar-refractivity contribution in [1.29, 1.82) is 0 Å². The molecule has 2 aromatic rings. The van der Waals surface area contributed by atoms with E-state index in [1.807, 2.05) is 19.1 Å². The minimum absolute atomic E-state index is 0.205. The zero-order chi connectivity index (χ0) is 18.9. The summed E-state index contributed by atoms with van der Waals surface area (Å²) in [5.41, 5.74) is 8.96. The molecule has 2 rings (SSSR count). The molecule has 6 nitrogen and oxygen atoms in total. The first-order valence-electron chi connectivity index (χ1n) is 9.00. The van der Waals surface area contributed by atoms with Gasteiger partial charge in [0.1, 0.15) is 0 Å². The van der Waals surface area contributed by atoms with Gasteiger partial charge in [-0.25, -0.2) is 0 Å². The third kappa shape index (κ3) is 5.65. The maximum Gasteiger partial charge on any atom is 0.287 e. The number of nitrogens with two attached hydrogens (primary N) is 1. The van der Waals surface area contributed by atoms with Crippen LogP contribution in [0.4, 0.5) is 5.69 Å². The second kappa shape index (κ2) is 9.65. The summed E-state index contributed by atoms with van der Waals surface area (Å²) >= 11 is 0. The Bertz CT molecular complexity index is 735. The Hall–Kier alpha value is -2.76. The summed E-state index contributed by atoms with van der Waals surface area (Å²) < 4.78 is 5.15. The van der Waals surface area contributed by atoms with Crippen LogP contribution in [-0.4, -0.2) is 25.0 Å². The summed E-state index contributed by atoms with van der Waals surface area (Å²) in [4.78, 5) is 16.2. The number of nitrogens with one attached hydrogen (secondary N) is 2. The molecule has 4 N–H and O–H groups in total. The number of benzene rings is 1. The van der Waals surface area contributed by atoms with Gasteiger partial charge in [-0.3, -0.25) is 9.79 Å². The second-order valence-corrected chi connectivity index (χ2v) is 6.37. The molecular formula is C20H28N4O2. The molecule has 0 aliphatic rings. The summed E-state index contributed by atoms with van der Waals surface area (Å²) in [5, 5.41) is 5.89. The molecule has 1 aromatic carbocycles. The molecule has 0 spiro atoms. The van der Waals surface area contributed by atoms with Gasteiger partial charge in [0.05, 0.1) is 6.26 Å². The highest BCUT2D eigenvalue weighted by Gasteiger charge is 2.11. The van der Waals surface area contributed by atoms with E-state index in [4.69, 9.17) is 10.2 Å². The number of furan rings is 1. The first kappa shape index (κ1) is 19.6. The predicted molar refractivity (Wildman–Crippen MR) is 106 cm³/mol. The molecule has 0 bridgehead atoms. The quantitative estimate of drug-likeness (QED) is 0.382. The number of carbonyl (C=O) groups is 1. The van der Waals surface area contributed by atoms with Gasteiger partial charge < -0.3 is 20.8 Å². The molecule has 0 aliphatic heterocycles. The molecule has 0 aliphatic carbocycles. The molecule has 0 radical (unpaired) electrons. The van der Waals surface area contributed by atoms with E-state index in [2.05, 4.69) is 41.6 Å². The van der Waals surface area contributed by atoms with Crippen LogP contribution in [0.15, 0.2) is 46.0 Å². The Kier molecular flexibility index (Phi) is 7.26. The molecule has 0 saturated carbocycles. The zero-order valence-electron chi connectivity index (χ0n) is 15.7. The van der Waals surface area contributed by atoms with Gasteiger partial charge >= 0.3 is 0 Å². The standard InChI is InChI=1S/C20H28N4O2/c1-4-14(2)16-6-8-17(9-7-16)24-20(21)23-12-5-11-22-19(25)18-15(3)10-13-26-18/h6-10,13-14H,4-5,11-12H2,1-3H3,(H,22,25)(H3,21,23,24). The van der Waals surface area contributed by atoms with Crippen molar-refractivity contribution in [1.82, 2.24) is 5.32 Å². The number of anilines is 1. The Morgan fingerprint density at radius 3 is 2.62 bits per heavy atom. The molecule has 1 unspecified atom stereocenters. The number of hydrogen-bond donors (Lipinski definition) is 3. The summed E-state index contributed by atoms with van der Waals surface area (Å²) in [7, 11) is 0. The SMILES string of the molecule is CCC(C)c1ccc(NC(N)=NCCCNC(=O)c2occc2C)cc1. The van der Waals surface area contributed by atoms with E-state index in [0.29, 0.717) is 37.1 Å². The highest BCUT2D eigenvalue weighted by atomic mass is 16.3. The van der Waals surface area contributed by atoms with Crippen molar-refractivity contribution in [3.63, 3.8) is 0 Å². The van der Waals surface area contributed by atoms with Crippen molar-refractivity contribution in [2.45, 2.75) is 39.5 Å². The van der Waals surface area contributed by atoms with E-state index in [9.17, 15) is 4.79 Å². The highest BCUT2D eigenvalue weighted by molar-refractivity contribution is 5.93. The van der Waals surface area contributed by atoms with Crippen LogP contribution in [0.1, 0.15) is 54.3 Å². The molecule has 0 fully saturated rings. The fraction of sp³-hybridized carbons (Fsp3) is 0.400. The molecular weight excluding hydrogens is 328 g/mol. The van der Waals surface area contributed by atoms with Crippen molar-refractivity contribution < 1.29 is 9.21 Å². The largest absolute Gasteiger partial charge is 0.459 e. The van der Waals surface area contributed by atoms with E-state index in [1.165, 1.54) is 11.8 Å². The van der Waals surface area contributed by atoms with Crippen molar-refractivity contribution >= 4 is 17.6 Å². The fourth-order valence-corrected chi connectivity index (χ4v) is 2.48. The van der Waals surface area contributed by atoms with E-state index < -0.39 is 0 Å². The lowest BCUT2D eigenvalue weighted by Gasteiger charge is -2.10. The number of carbonyl (C=O) groups excluding carboxylic acids is 1. The number of hydrogen-bond acceptors (Lipinski definition) is 3. The lowest BCUT2D eigenvalue weighted by molar-refractivity contribution is 0.0925. The van der Waals surface area contributed by atoms with Crippen molar-refractivity contribution in [3.05, 3.63) is 53.5 Å². The molecule has 26 heavy (non-hydrogen) atoms. The molecule has 1 heterocycles. The van der Waals surface area contributed by atoms with Crippen LogP contribution < -0.4 is 16.4 Å². The van der Waals surface area contributed by atoms with Gasteiger partial charge in [-0.2, -0.15) is 0 Å². The Morgan fingerprint density at radius 1 is 1.27 bits per heavy atom. The number of guanidine groups is 1. The average Bonchev–Trinajstić information content (AvgIpc) is 3.07. The summed E-state index contributed by atoms with van der Waals surface area (Å²) in [6.07, 6.45) is 3.32. The van der Waals surface area contributed by atoms with Crippen LogP contribution >= 0.6 is 0 Å². The monoisotopic (exact) mass is 356 g/mol. The summed E-state index contributed by atoms with van der Waals surface area (Å²) in [6, 6.07) is 10.00. The molecule has 6 heteroatoms.